The van der Waals surface area contributed by atoms with Gasteiger partial charge in [-0.3, -0.25) is 13.9 Å². The molecule has 0 aliphatic heterocycles. The van der Waals surface area contributed by atoms with Crippen molar-refractivity contribution in [1.82, 2.24) is 14.1 Å². The number of fused-ring (bicyclic) bond motifs is 1. The van der Waals surface area contributed by atoms with Crippen LogP contribution in [0.4, 0.5) is 24.7 Å². The van der Waals surface area contributed by atoms with Crippen LogP contribution in [-0.4, -0.2) is 14.1 Å². The van der Waals surface area contributed by atoms with E-state index < -0.39 is 28.7 Å². The van der Waals surface area contributed by atoms with Gasteiger partial charge in [0.2, 0.25) is 0 Å². The molecule has 0 saturated carbocycles. The molecule has 6 nitrogen and oxygen atoms in total. The van der Waals surface area contributed by atoms with Crippen molar-refractivity contribution >= 4 is 33.1 Å². The molecule has 0 saturated heterocycles. The summed E-state index contributed by atoms with van der Waals surface area (Å²) in [6.45, 7) is 3.47. The summed E-state index contributed by atoms with van der Waals surface area (Å²) in [6.07, 6.45) is 0. The zero-order valence-corrected chi connectivity index (χ0v) is 17.6. The normalized spacial score (nSPS) is 11.3. The number of anilines is 2. The molecule has 0 atom stereocenters. The molecule has 4 rings (SSSR count). The summed E-state index contributed by atoms with van der Waals surface area (Å²) >= 11 is 1.50. The molecule has 0 amide bonds. The molecular formula is C21H17F3N4O2S. The molecule has 0 bridgehead atoms. The van der Waals surface area contributed by atoms with Crippen LogP contribution in [0.5, 0.6) is 0 Å². The smallest absolute Gasteiger partial charge is 0.332 e. The number of aromatic nitrogens is 3. The lowest BCUT2D eigenvalue weighted by molar-refractivity contribution is 0.444. The second-order valence-corrected chi connectivity index (χ2v) is 8.40. The van der Waals surface area contributed by atoms with Gasteiger partial charge >= 0.3 is 5.69 Å². The van der Waals surface area contributed by atoms with Gasteiger partial charge in [0.1, 0.15) is 5.82 Å². The van der Waals surface area contributed by atoms with Gasteiger partial charge in [-0.2, -0.15) is 0 Å². The van der Waals surface area contributed by atoms with Crippen LogP contribution in [0.2, 0.25) is 0 Å². The van der Waals surface area contributed by atoms with Crippen LogP contribution < -0.4 is 16.6 Å². The van der Waals surface area contributed by atoms with Crippen LogP contribution in [-0.2, 0) is 13.6 Å². The van der Waals surface area contributed by atoms with Crippen molar-refractivity contribution in [1.29, 1.82) is 0 Å². The molecule has 160 valence electrons. The van der Waals surface area contributed by atoms with Crippen molar-refractivity contribution in [3.05, 3.63) is 84.8 Å². The van der Waals surface area contributed by atoms with E-state index in [-0.39, 0.29) is 17.9 Å². The van der Waals surface area contributed by atoms with E-state index in [1.807, 2.05) is 26.0 Å². The molecule has 0 spiro atoms. The van der Waals surface area contributed by atoms with Crippen molar-refractivity contribution < 1.29 is 13.2 Å². The van der Waals surface area contributed by atoms with Crippen molar-refractivity contribution in [3.8, 4) is 0 Å². The summed E-state index contributed by atoms with van der Waals surface area (Å²) in [5.41, 5.74) is 1.11. The third kappa shape index (κ3) is 3.86. The molecule has 0 radical (unpaired) electrons. The molecule has 0 aliphatic carbocycles. The lowest BCUT2D eigenvalue weighted by atomic mass is 10.2. The maximum Gasteiger partial charge on any atom is 0.332 e. The number of benzene rings is 2. The maximum atomic E-state index is 13.7. The van der Waals surface area contributed by atoms with Gasteiger partial charge in [0.15, 0.2) is 17.5 Å². The van der Waals surface area contributed by atoms with Gasteiger partial charge in [0.25, 0.3) is 5.56 Å². The topological polar surface area (TPSA) is 68.9 Å². The van der Waals surface area contributed by atoms with Gasteiger partial charge in [-0.05, 0) is 49.2 Å². The van der Waals surface area contributed by atoms with E-state index in [1.165, 1.54) is 24.5 Å². The van der Waals surface area contributed by atoms with E-state index in [4.69, 9.17) is 0 Å². The molecule has 0 unspecified atom stereocenters. The minimum atomic E-state index is -1.58. The molecule has 0 aliphatic rings. The second-order valence-electron chi connectivity index (χ2n) is 7.16. The minimum absolute atomic E-state index is 0.0328. The van der Waals surface area contributed by atoms with Gasteiger partial charge in [-0.1, -0.05) is 0 Å². The number of halogens is 3. The summed E-state index contributed by atoms with van der Waals surface area (Å²) in [5.74, 6) is -4.16. The average molecular weight is 446 g/mol. The first-order valence-electron chi connectivity index (χ1n) is 9.23. The van der Waals surface area contributed by atoms with Crippen molar-refractivity contribution in [2.24, 2.45) is 7.05 Å². The van der Waals surface area contributed by atoms with E-state index in [9.17, 15) is 22.8 Å². The van der Waals surface area contributed by atoms with Crippen LogP contribution in [0, 0.1) is 31.3 Å². The third-order valence-electron chi connectivity index (χ3n) is 4.89. The second kappa shape index (κ2) is 7.69. The maximum absolute atomic E-state index is 13.7. The highest BCUT2D eigenvalue weighted by molar-refractivity contribution is 7.18. The monoisotopic (exact) mass is 446 g/mol. The lowest BCUT2D eigenvalue weighted by Crippen LogP contribution is -2.38. The Balaban J connectivity index is 1.82. The zero-order valence-electron chi connectivity index (χ0n) is 16.8. The minimum Gasteiger partial charge on any atom is -0.341 e. The van der Waals surface area contributed by atoms with E-state index in [2.05, 4.69) is 10.3 Å². The molecule has 31 heavy (non-hydrogen) atoms. The highest BCUT2D eigenvalue weighted by Crippen LogP contribution is 2.29. The number of aryl methyl sites for hydroxylation is 2. The Labute approximate surface area is 178 Å². The van der Waals surface area contributed by atoms with Crippen LogP contribution in [0.25, 0.3) is 10.2 Å². The van der Waals surface area contributed by atoms with E-state index in [0.717, 1.165) is 42.1 Å². The van der Waals surface area contributed by atoms with Gasteiger partial charge < -0.3 is 5.32 Å². The average Bonchev–Trinajstić information content (AvgIpc) is 3.06. The zero-order chi connectivity index (χ0) is 22.4. The van der Waals surface area contributed by atoms with Gasteiger partial charge in [0, 0.05) is 18.8 Å². The molecular weight excluding hydrogens is 429 g/mol. The molecule has 2 aromatic heterocycles. The summed E-state index contributed by atoms with van der Waals surface area (Å²) < 4.78 is 43.6. The Morgan fingerprint density at radius 2 is 1.71 bits per heavy atom. The van der Waals surface area contributed by atoms with Crippen LogP contribution in [0.15, 0.2) is 39.9 Å². The quantitative estimate of drug-likeness (QED) is 0.482. The number of nitrogens with one attached hydrogen (secondary N) is 1. The molecule has 0 fully saturated rings. The fraction of sp³-hybridized carbons (Fsp3) is 0.190. The lowest BCUT2D eigenvalue weighted by Gasteiger charge is -2.17. The summed E-state index contributed by atoms with van der Waals surface area (Å²) in [7, 11) is 1.30. The first kappa shape index (κ1) is 20.9. The molecule has 4 aromatic rings. The fourth-order valence-electron chi connectivity index (χ4n) is 3.27. The van der Waals surface area contributed by atoms with Crippen molar-refractivity contribution in [2.75, 3.05) is 5.32 Å². The van der Waals surface area contributed by atoms with E-state index >= 15 is 0 Å². The Kier molecular flexibility index (Phi) is 5.18. The molecule has 2 heterocycles. The Morgan fingerprint density at radius 3 is 2.39 bits per heavy atom. The number of hydrogen-bond acceptors (Lipinski definition) is 5. The largest absolute Gasteiger partial charge is 0.341 e. The van der Waals surface area contributed by atoms with Gasteiger partial charge in [0.05, 0.1) is 21.8 Å². The summed E-state index contributed by atoms with van der Waals surface area (Å²) in [4.78, 5) is 29.4. The summed E-state index contributed by atoms with van der Waals surface area (Å²) in [6, 6.07) is 6.60. The molecule has 1 N–H and O–H groups in total. The van der Waals surface area contributed by atoms with E-state index in [0.29, 0.717) is 5.69 Å². The molecule has 10 heteroatoms. The van der Waals surface area contributed by atoms with Gasteiger partial charge in [-0.15, -0.1) is 11.3 Å². The van der Waals surface area contributed by atoms with E-state index in [1.54, 1.807) is 0 Å². The van der Waals surface area contributed by atoms with Crippen molar-refractivity contribution in [2.45, 2.75) is 20.4 Å². The number of hydrogen-bond donors (Lipinski definition) is 1. The molecule has 2 aromatic carbocycles. The Morgan fingerprint density at radius 1 is 1.03 bits per heavy atom. The Bertz CT molecular complexity index is 1430. The number of thiazole rings is 1. The third-order valence-corrected chi connectivity index (χ3v) is 5.82. The number of nitrogens with zero attached hydrogens (tertiary/aromatic N) is 3. The van der Waals surface area contributed by atoms with Crippen LogP contribution in [0.1, 0.15) is 16.1 Å². The van der Waals surface area contributed by atoms with Crippen LogP contribution >= 0.6 is 11.3 Å². The SMILES string of the molecule is Cc1nc2cc(C)c(Nc3cc(=O)n(C)c(=O)n3Cc3cc(F)c(F)c(F)c3)cc2s1. The highest BCUT2D eigenvalue weighted by atomic mass is 32.1. The van der Waals surface area contributed by atoms with Crippen molar-refractivity contribution in [3.63, 3.8) is 0 Å². The summed E-state index contributed by atoms with van der Waals surface area (Å²) in [5, 5.41) is 3.98. The number of rotatable bonds is 4. The van der Waals surface area contributed by atoms with Crippen LogP contribution in [0.3, 0.4) is 0 Å². The first-order valence-corrected chi connectivity index (χ1v) is 10.0. The standard InChI is InChI=1S/C21H17F3N4O2S/c1-10-4-16-17(31-11(2)25-16)7-15(10)26-18-8-19(29)27(3)21(30)28(18)9-12-5-13(22)20(24)14(23)6-12/h4-8,26H,9H2,1-3H3. The highest BCUT2D eigenvalue weighted by Gasteiger charge is 2.15. The predicted octanol–water partition coefficient (Wildman–Crippen LogP) is 3.98. The fourth-order valence-corrected chi connectivity index (χ4v) is 4.12. The van der Waals surface area contributed by atoms with Gasteiger partial charge in [-0.25, -0.2) is 22.9 Å². The Hall–Kier alpha value is -3.40. The first-order chi connectivity index (χ1) is 14.6. The predicted molar refractivity (Wildman–Crippen MR) is 114 cm³/mol.